The van der Waals surface area contributed by atoms with E-state index in [0.717, 1.165) is 12.1 Å². The second-order valence-electron chi connectivity index (χ2n) is 4.88. The minimum Gasteiger partial charge on any atom is -0.459 e. The lowest BCUT2D eigenvalue weighted by atomic mass is 10.0. The van der Waals surface area contributed by atoms with Gasteiger partial charge in [0.1, 0.15) is 17.2 Å². The second-order valence-corrected chi connectivity index (χ2v) is 4.88. The van der Waals surface area contributed by atoms with E-state index in [4.69, 9.17) is 10.2 Å². The van der Waals surface area contributed by atoms with Crippen LogP contribution in [0.1, 0.15) is 22.9 Å². The number of fused-ring (bicyclic) bond motifs is 1. The Bertz CT molecular complexity index is 826. The van der Waals surface area contributed by atoms with Crippen LogP contribution in [-0.2, 0) is 0 Å². The molecule has 0 saturated carbocycles. The number of hydrogen-bond donors (Lipinski definition) is 1. The fraction of sp³-hybridized carbons (Fsp3) is 0.125. The van der Waals surface area contributed by atoms with E-state index in [-0.39, 0.29) is 5.82 Å². The van der Waals surface area contributed by atoms with Gasteiger partial charge in [-0.05, 0) is 42.8 Å². The van der Waals surface area contributed by atoms with E-state index >= 15 is 0 Å². The van der Waals surface area contributed by atoms with Crippen molar-refractivity contribution in [2.24, 2.45) is 5.73 Å². The van der Waals surface area contributed by atoms with Crippen LogP contribution in [0.5, 0.6) is 0 Å². The Morgan fingerprint density at radius 1 is 1.00 bits per heavy atom. The van der Waals surface area contributed by atoms with E-state index in [1.54, 1.807) is 6.92 Å². The van der Waals surface area contributed by atoms with Gasteiger partial charge in [0.15, 0.2) is 11.6 Å². The maximum atomic E-state index is 13.3. The fourth-order valence-corrected chi connectivity index (χ4v) is 2.37. The summed E-state index contributed by atoms with van der Waals surface area (Å²) in [5, 5.41) is 0.614. The Kier molecular flexibility index (Phi) is 3.22. The van der Waals surface area contributed by atoms with Crippen LogP contribution < -0.4 is 5.73 Å². The maximum absolute atomic E-state index is 13.3. The summed E-state index contributed by atoms with van der Waals surface area (Å²) in [7, 11) is 0. The second kappa shape index (κ2) is 4.93. The zero-order valence-corrected chi connectivity index (χ0v) is 11.2. The highest BCUT2D eigenvalue weighted by Crippen LogP contribution is 2.32. The van der Waals surface area contributed by atoms with E-state index in [0.29, 0.717) is 27.9 Å². The molecule has 1 atom stereocenters. The van der Waals surface area contributed by atoms with Crippen LogP contribution in [0.4, 0.5) is 13.2 Å². The van der Waals surface area contributed by atoms with E-state index in [9.17, 15) is 13.2 Å². The first-order valence-electron chi connectivity index (χ1n) is 6.36. The molecule has 0 amide bonds. The SMILES string of the molecule is Cc1c(C(N)c2ccc(F)c(F)c2)oc2ccc(F)cc12. The summed E-state index contributed by atoms with van der Waals surface area (Å²) < 4.78 is 45.2. The normalized spacial score (nSPS) is 12.8. The highest BCUT2D eigenvalue weighted by molar-refractivity contribution is 5.82. The summed E-state index contributed by atoms with van der Waals surface area (Å²) in [5.74, 6) is -1.88. The van der Waals surface area contributed by atoms with Crippen molar-refractivity contribution in [3.05, 3.63) is 70.7 Å². The third-order valence-electron chi connectivity index (χ3n) is 3.52. The molecule has 0 aliphatic heterocycles. The third-order valence-corrected chi connectivity index (χ3v) is 3.52. The molecule has 1 heterocycles. The Labute approximate surface area is 119 Å². The van der Waals surface area contributed by atoms with Crippen LogP contribution in [0.2, 0.25) is 0 Å². The summed E-state index contributed by atoms with van der Waals surface area (Å²) in [5.41, 5.74) is 7.63. The highest BCUT2D eigenvalue weighted by atomic mass is 19.2. The molecular formula is C16H12F3NO. The molecule has 0 aliphatic carbocycles. The first kappa shape index (κ1) is 13.7. The van der Waals surface area contributed by atoms with Crippen molar-refractivity contribution in [3.63, 3.8) is 0 Å². The number of hydrogen-bond acceptors (Lipinski definition) is 2. The number of halogens is 3. The molecule has 2 aromatic carbocycles. The van der Waals surface area contributed by atoms with Gasteiger partial charge in [0.25, 0.3) is 0 Å². The first-order chi connectivity index (χ1) is 9.97. The summed E-state index contributed by atoms with van der Waals surface area (Å²) in [6.45, 7) is 1.75. The molecule has 5 heteroatoms. The molecule has 2 N–H and O–H groups in total. The van der Waals surface area contributed by atoms with Gasteiger partial charge in [-0.1, -0.05) is 6.07 Å². The number of nitrogens with two attached hydrogens (primary N) is 1. The van der Waals surface area contributed by atoms with Crippen molar-refractivity contribution in [2.45, 2.75) is 13.0 Å². The standard InChI is InChI=1S/C16H12F3NO/c1-8-11-7-10(17)3-5-14(11)21-16(8)15(20)9-2-4-12(18)13(19)6-9/h2-7,15H,20H2,1H3. The molecule has 1 aromatic heterocycles. The summed E-state index contributed by atoms with van der Waals surface area (Å²) >= 11 is 0. The summed E-state index contributed by atoms with van der Waals surface area (Å²) in [4.78, 5) is 0. The van der Waals surface area contributed by atoms with Crippen LogP contribution in [0.15, 0.2) is 40.8 Å². The maximum Gasteiger partial charge on any atom is 0.159 e. The number of benzene rings is 2. The highest BCUT2D eigenvalue weighted by Gasteiger charge is 2.20. The molecule has 0 spiro atoms. The average molecular weight is 291 g/mol. The predicted molar refractivity (Wildman–Crippen MR) is 73.3 cm³/mol. The zero-order valence-electron chi connectivity index (χ0n) is 11.2. The van der Waals surface area contributed by atoms with Gasteiger partial charge in [0.05, 0.1) is 6.04 Å². The van der Waals surface area contributed by atoms with E-state index in [1.165, 1.54) is 24.3 Å². The molecular weight excluding hydrogens is 279 g/mol. The van der Waals surface area contributed by atoms with E-state index in [2.05, 4.69) is 0 Å². The molecule has 2 nitrogen and oxygen atoms in total. The van der Waals surface area contributed by atoms with Gasteiger partial charge in [-0.15, -0.1) is 0 Å². The lowest BCUT2D eigenvalue weighted by Gasteiger charge is -2.10. The molecule has 3 rings (SSSR count). The van der Waals surface area contributed by atoms with Crippen molar-refractivity contribution in [1.29, 1.82) is 0 Å². The van der Waals surface area contributed by atoms with Gasteiger partial charge in [-0.2, -0.15) is 0 Å². The monoisotopic (exact) mass is 291 g/mol. The average Bonchev–Trinajstić information content (AvgIpc) is 2.78. The smallest absolute Gasteiger partial charge is 0.159 e. The number of aryl methyl sites for hydroxylation is 1. The molecule has 1 unspecified atom stereocenters. The van der Waals surface area contributed by atoms with Crippen LogP contribution in [0, 0.1) is 24.4 Å². The molecule has 21 heavy (non-hydrogen) atoms. The first-order valence-corrected chi connectivity index (χ1v) is 6.36. The molecule has 0 bridgehead atoms. The molecule has 108 valence electrons. The molecule has 0 saturated heterocycles. The third kappa shape index (κ3) is 2.29. The van der Waals surface area contributed by atoms with E-state index in [1.807, 2.05) is 0 Å². The Hall–Kier alpha value is -2.27. The van der Waals surface area contributed by atoms with Crippen LogP contribution in [-0.4, -0.2) is 0 Å². The summed E-state index contributed by atoms with van der Waals surface area (Å²) in [6, 6.07) is 6.86. The van der Waals surface area contributed by atoms with Crippen molar-refractivity contribution < 1.29 is 17.6 Å². The van der Waals surface area contributed by atoms with Gasteiger partial charge < -0.3 is 10.2 Å². The van der Waals surface area contributed by atoms with Crippen molar-refractivity contribution >= 4 is 11.0 Å². The van der Waals surface area contributed by atoms with E-state index < -0.39 is 17.7 Å². The van der Waals surface area contributed by atoms with Gasteiger partial charge in [0, 0.05) is 10.9 Å². The van der Waals surface area contributed by atoms with Gasteiger partial charge in [-0.3, -0.25) is 0 Å². The molecule has 3 aromatic rings. The minimum absolute atomic E-state index is 0.376. The zero-order chi connectivity index (χ0) is 15.1. The summed E-state index contributed by atoms with van der Waals surface area (Å²) in [6.07, 6.45) is 0. The molecule has 0 aliphatic rings. The lowest BCUT2D eigenvalue weighted by Crippen LogP contribution is -2.12. The van der Waals surface area contributed by atoms with Gasteiger partial charge >= 0.3 is 0 Å². The topological polar surface area (TPSA) is 39.2 Å². The van der Waals surface area contributed by atoms with Crippen molar-refractivity contribution in [2.75, 3.05) is 0 Å². The number of furan rings is 1. The van der Waals surface area contributed by atoms with Gasteiger partial charge in [0.2, 0.25) is 0 Å². The van der Waals surface area contributed by atoms with Crippen molar-refractivity contribution in [1.82, 2.24) is 0 Å². The Morgan fingerprint density at radius 3 is 2.48 bits per heavy atom. The van der Waals surface area contributed by atoms with Crippen LogP contribution >= 0.6 is 0 Å². The largest absolute Gasteiger partial charge is 0.459 e. The predicted octanol–water partition coefficient (Wildman–Crippen LogP) is 4.21. The van der Waals surface area contributed by atoms with Crippen molar-refractivity contribution in [3.8, 4) is 0 Å². The quantitative estimate of drug-likeness (QED) is 0.768. The number of rotatable bonds is 2. The Balaban J connectivity index is 2.10. The minimum atomic E-state index is -0.970. The fourth-order valence-electron chi connectivity index (χ4n) is 2.37. The van der Waals surface area contributed by atoms with Crippen LogP contribution in [0.3, 0.4) is 0 Å². The van der Waals surface area contributed by atoms with Crippen LogP contribution in [0.25, 0.3) is 11.0 Å². The van der Waals surface area contributed by atoms with Gasteiger partial charge in [-0.25, -0.2) is 13.2 Å². The molecule has 0 fully saturated rings. The Morgan fingerprint density at radius 2 is 1.76 bits per heavy atom. The lowest BCUT2D eigenvalue weighted by molar-refractivity contribution is 0.498. The molecule has 0 radical (unpaired) electrons.